The van der Waals surface area contributed by atoms with Gasteiger partial charge in [-0.1, -0.05) is 12.1 Å². The second-order valence-electron chi connectivity index (χ2n) is 7.66. The summed E-state index contributed by atoms with van der Waals surface area (Å²) in [6.07, 6.45) is 1.52. The summed E-state index contributed by atoms with van der Waals surface area (Å²) in [6.45, 7) is 7.75. The number of fused-ring (bicyclic) bond motifs is 1. The third-order valence-corrected chi connectivity index (χ3v) is 5.67. The van der Waals surface area contributed by atoms with Crippen molar-refractivity contribution in [1.82, 2.24) is 15.3 Å². The fourth-order valence-corrected chi connectivity index (χ4v) is 3.85. The second kappa shape index (κ2) is 7.81. The minimum atomic E-state index is -0.274. The van der Waals surface area contributed by atoms with Crippen molar-refractivity contribution in [2.24, 2.45) is 5.92 Å². The zero-order valence-corrected chi connectivity index (χ0v) is 17.0. The Balaban J connectivity index is 1.41. The molecule has 0 spiro atoms. The predicted molar refractivity (Wildman–Crippen MR) is 109 cm³/mol. The molecular weight excluding hydrogens is 371 g/mol. The van der Waals surface area contributed by atoms with Crippen LogP contribution in [0.5, 0.6) is 0 Å². The molecule has 2 aromatic heterocycles. The van der Waals surface area contributed by atoms with E-state index in [9.17, 15) is 9.18 Å². The summed E-state index contributed by atoms with van der Waals surface area (Å²) in [5, 5.41) is 3.94. The van der Waals surface area contributed by atoms with E-state index in [2.05, 4.69) is 20.2 Å². The molecule has 1 saturated heterocycles. The molecule has 4 rings (SSSR count). The minimum Gasteiger partial charge on any atom is -0.443 e. The molecule has 1 aromatic carbocycles. The van der Waals surface area contributed by atoms with E-state index < -0.39 is 0 Å². The van der Waals surface area contributed by atoms with Gasteiger partial charge in [0.25, 0.3) is 0 Å². The smallest absolute Gasteiger partial charge is 0.231 e. The van der Waals surface area contributed by atoms with Crippen LogP contribution < -0.4 is 10.2 Å². The van der Waals surface area contributed by atoms with Gasteiger partial charge in [0.05, 0.1) is 5.39 Å². The molecule has 0 radical (unpaired) electrons. The molecule has 7 heteroatoms. The lowest BCUT2D eigenvalue weighted by atomic mass is 9.95. The summed E-state index contributed by atoms with van der Waals surface area (Å²) >= 11 is 0. The van der Waals surface area contributed by atoms with E-state index in [0.717, 1.165) is 54.0 Å². The maximum atomic E-state index is 13.0. The quantitative estimate of drug-likeness (QED) is 0.726. The van der Waals surface area contributed by atoms with Gasteiger partial charge in [-0.3, -0.25) is 4.79 Å². The average molecular weight is 396 g/mol. The highest BCUT2D eigenvalue weighted by Gasteiger charge is 2.28. The van der Waals surface area contributed by atoms with Crippen LogP contribution >= 0.6 is 0 Å². The number of aryl methyl sites for hydroxylation is 3. The molecule has 6 nitrogen and oxygen atoms in total. The molecule has 3 aromatic rings. The summed E-state index contributed by atoms with van der Waals surface area (Å²) in [7, 11) is 0. The Morgan fingerprint density at radius 2 is 1.86 bits per heavy atom. The number of hydrogen-bond donors (Lipinski definition) is 1. The van der Waals surface area contributed by atoms with Crippen molar-refractivity contribution < 1.29 is 13.6 Å². The third kappa shape index (κ3) is 3.95. The molecule has 0 atom stereocenters. The Hall–Kier alpha value is -2.96. The summed E-state index contributed by atoms with van der Waals surface area (Å²) in [6, 6.07) is 6.19. The molecule has 1 aliphatic rings. The number of benzene rings is 1. The van der Waals surface area contributed by atoms with E-state index in [-0.39, 0.29) is 17.6 Å². The number of piperidine rings is 1. The molecule has 1 N–H and O–H groups in total. The molecule has 0 aliphatic carbocycles. The van der Waals surface area contributed by atoms with Gasteiger partial charge >= 0.3 is 0 Å². The van der Waals surface area contributed by atoms with E-state index in [0.29, 0.717) is 18.1 Å². The van der Waals surface area contributed by atoms with Crippen LogP contribution in [0.25, 0.3) is 11.1 Å². The van der Waals surface area contributed by atoms with Crippen molar-refractivity contribution in [2.75, 3.05) is 18.0 Å². The highest BCUT2D eigenvalue weighted by atomic mass is 19.1. The zero-order valence-electron chi connectivity index (χ0n) is 17.0. The Kier molecular flexibility index (Phi) is 5.22. The van der Waals surface area contributed by atoms with Crippen molar-refractivity contribution in [3.63, 3.8) is 0 Å². The fraction of sp³-hybridized carbons (Fsp3) is 0.409. The molecule has 1 fully saturated rings. The van der Waals surface area contributed by atoms with Gasteiger partial charge in [0, 0.05) is 31.1 Å². The molecule has 1 aliphatic heterocycles. The normalized spacial score (nSPS) is 15.1. The van der Waals surface area contributed by atoms with Gasteiger partial charge in [-0.25, -0.2) is 9.37 Å². The van der Waals surface area contributed by atoms with Crippen molar-refractivity contribution >= 4 is 22.8 Å². The number of anilines is 1. The van der Waals surface area contributed by atoms with Gasteiger partial charge in [0.15, 0.2) is 0 Å². The number of aromatic nitrogens is 2. The first-order valence-corrected chi connectivity index (χ1v) is 9.94. The lowest BCUT2D eigenvalue weighted by Gasteiger charge is -2.32. The first kappa shape index (κ1) is 19.4. The Morgan fingerprint density at radius 3 is 2.55 bits per heavy atom. The first-order valence-electron chi connectivity index (χ1n) is 9.94. The standard InChI is InChI=1S/C22H25FN4O2/c1-13-14(2)29-22-19(13)20(25-15(3)26-22)27-10-8-17(9-11-27)21(28)24-12-16-4-6-18(23)7-5-16/h4-7,17H,8-12H2,1-3H3,(H,24,28). The lowest BCUT2D eigenvalue weighted by Crippen LogP contribution is -2.40. The van der Waals surface area contributed by atoms with Gasteiger partial charge in [0.1, 0.15) is 23.2 Å². The molecular formula is C22H25FN4O2. The van der Waals surface area contributed by atoms with Gasteiger partial charge < -0.3 is 14.6 Å². The van der Waals surface area contributed by atoms with Crippen LogP contribution in [0, 0.1) is 32.5 Å². The van der Waals surface area contributed by atoms with Gasteiger partial charge in [-0.05, 0) is 51.3 Å². The molecule has 3 heterocycles. The molecule has 1 amide bonds. The van der Waals surface area contributed by atoms with Crippen LogP contribution in [-0.4, -0.2) is 29.0 Å². The van der Waals surface area contributed by atoms with Crippen LogP contribution in [0.2, 0.25) is 0 Å². The average Bonchev–Trinajstić information content (AvgIpc) is 3.00. The van der Waals surface area contributed by atoms with Crippen LogP contribution in [0.1, 0.15) is 35.6 Å². The van der Waals surface area contributed by atoms with Crippen LogP contribution in [0.15, 0.2) is 28.7 Å². The summed E-state index contributed by atoms with van der Waals surface area (Å²) in [5.41, 5.74) is 2.58. The van der Waals surface area contributed by atoms with Gasteiger partial charge in [0.2, 0.25) is 11.6 Å². The van der Waals surface area contributed by atoms with Crippen molar-refractivity contribution in [3.05, 3.63) is 52.8 Å². The number of rotatable bonds is 4. The minimum absolute atomic E-state index is 0.0303. The second-order valence-corrected chi connectivity index (χ2v) is 7.66. The Labute approximate surface area is 169 Å². The van der Waals surface area contributed by atoms with E-state index >= 15 is 0 Å². The summed E-state index contributed by atoms with van der Waals surface area (Å²) < 4.78 is 18.8. The third-order valence-electron chi connectivity index (χ3n) is 5.67. The SMILES string of the molecule is Cc1nc(N2CCC(C(=O)NCc3ccc(F)cc3)CC2)c2c(C)c(C)oc2n1. The number of furan rings is 1. The largest absolute Gasteiger partial charge is 0.443 e. The van der Waals surface area contributed by atoms with E-state index in [1.54, 1.807) is 12.1 Å². The lowest BCUT2D eigenvalue weighted by molar-refractivity contribution is -0.125. The van der Waals surface area contributed by atoms with Gasteiger partial charge in [-0.2, -0.15) is 4.98 Å². The van der Waals surface area contributed by atoms with E-state index in [1.807, 2.05) is 20.8 Å². The molecule has 0 bridgehead atoms. The number of hydrogen-bond acceptors (Lipinski definition) is 5. The number of amides is 1. The zero-order chi connectivity index (χ0) is 20.5. The highest BCUT2D eigenvalue weighted by Crippen LogP contribution is 2.33. The number of nitrogens with zero attached hydrogens (tertiary/aromatic N) is 3. The summed E-state index contributed by atoms with van der Waals surface area (Å²) in [4.78, 5) is 23.9. The van der Waals surface area contributed by atoms with E-state index in [1.165, 1.54) is 12.1 Å². The van der Waals surface area contributed by atoms with Crippen molar-refractivity contribution in [3.8, 4) is 0 Å². The van der Waals surface area contributed by atoms with Gasteiger partial charge in [-0.15, -0.1) is 0 Å². The Bertz CT molecular complexity index is 1040. The summed E-state index contributed by atoms with van der Waals surface area (Å²) in [5.74, 6) is 2.18. The predicted octanol–water partition coefficient (Wildman–Crippen LogP) is 3.82. The molecule has 0 unspecified atom stereocenters. The highest BCUT2D eigenvalue weighted by molar-refractivity contribution is 5.90. The number of halogens is 1. The first-order chi connectivity index (χ1) is 13.9. The molecule has 152 valence electrons. The molecule has 0 saturated carbocycles. The Morgan fingerprint density at radius 1 is 1.17 bits per heavy atom. The molecule has 29 heavy (non-hydrogen) atoms. The number of carbonyl (C=O) groups excluding carboxylic acids is 1. The number of carbonyl (C=O) groups is 1. The monoisotopic (exact) mass is 396 g/mol. The van der Waals surface area contributed by atoms with Crippen molar-refractivity contribution in [1.29, 1.82) is 0 Å². The fourth-order valence-electron chi connectivity index (χ4n) is 3.85. The van der Waals surface area contributed by atoms with Crippen LogP contribution in [0.4, 0.5) is 10.2 Å². The maximum absolute atomic E-state index is 13.0. The maximum Gasteiger partial charge on any atom is 0.231 e. The van der Waals surface area contributed by atoms with Crippen molar-refractivity contribution in [2.45, 2.75) is 40.2 Å². The topological polar surface area (TPSA) is 71.3 Å². The van der Waals surface area contributed by atoms with Crippen LogP contribution in [0.3, 0.4) is 0 Å². The number of nitrogens with one attached hydrogen (secondary N) is 1. The van der Waals surface area contributed by atoms with Crippen LogP contribution in [-0.2, 0) is 11.3 Å². The van der Waals surface area contributed by atoms with E-state index in [4.69, 9.17) is 4.42 Å².